The van der Waals surface area contributed by atoms with Gasteiger partial charge in [0.2, 0.25) is 5.91 Å². The van der Waals surface area contributed by atoms with Crippen molar-refractivity contribution in [1.29, 1.82) is 0 Å². The molecule has 0 fully saturated rings. The van der Waals surface area contributed by atoms with Crippen LogP contribution in [0.3, 0.4) is 0 Å². The van der Waals surface area contributed by atoms with E-state index in [0.717, 1.165) is 27.7 Å². The molecule has 3 amide bonds. The van der Waals surface area contributed by atoms with Gasteiger partial charge in [-0.25, -0.2) is 4.39 Å². The number of anilines is 2. The Morgan fingerprint density at radius 2 is 1.67 bits per heavy atom. The van der Waals surface area contributed by atoms with Gasteiger partial charge < -0.3 is 20.3 Å². The molecule has 0 radical (unpaired) electrons. The molecular formula is C27H27BrFN3O4. The Balaban J connectivity index is 1.69. The van der Waals surface area contributed by atoms with Crippen molar-refractivity contribution in [3.05, 3.63) is 87.6 Å². The molecule has 1 atom stereocenters. The summed E-state index contributed by atoms with van der Waals surface area (Å²) in [6.07, 6.45) is -0.990. The summed E-state index contributed by atoms with van der Waals surface area (Å²) in [6, 6.07) is 16.1. The zero-order valence-electron chi connectivity index (χ0n) is 20.4. The Morgan fingerprint density at radius 1 is 1.03 bits per heavy atom. The molecule has 0 aliphatic rings. The van der Waals surface area contributed by atoms with E-state index in [1.54, 1.807) is 31.3 Å². The maximum atomic E-state index is 14.0. The zero-order valence-corrected chi connectivity index (χ0v) is 22.0. The molecule has 188 valence electrons. The summed E-state index contributed by atoms with van der Waals surface area (Å²) < 4.78 is 20.6. The van der Waals surface area contributed by atoms with Gasteiger partial charge in [-0.1, -0.05) is 34.1 Å². The summed E-state index contributed by atoms with van der Waals surface area (Å²) in [7, 11) is 1.59. The monoisotopic (exact) mass is 555 g/mol. The number of likely N-dealkylation sites (N-methyl/N-ethyl adjacent to an activating group) is 1. The average molecular weight is 556 g/mol. The molecule has 3 aromatic rings. The van der Waals surface area contributed by atoms with Crippen molar-refractivity contribution in [3.63, 3.8) is 0 Å². The minimum atomic E-state index is -0.990. The van der Waals surface area contributed by atoms with Crippen molar-refractivity contribution >= 4 is 45.0 Å². The van der Waals surface area contributed by atoms with Crippen LogP contribution in [0, 0.1) is 19.7 Å². The van der Waals surface area contributed by atoms with E-state index in [2.05, 4.69) is 26.6 Å². The van der Waals surface area contributed by atoms with Gasteiger partial charge >= 0.3 is 0 Å². The standard InChI is InChI=1S/C27H27BrFN3O4/c1-16-12-19(28)13-17(2)25(16)31-26(34)18(3)36-23-11-10-20(29)14-22(23)27(35)30-15-24(33)32(4)21-8-6-5-7-9-21/h5-14,18H,15H2,1-4H3,(H,30,35)(H,31,34). The summed E-state index contributed by atoms with van der Waals surface area (Å²) in [6.45, 7) is 4.97. The molecule has 0 aliphatic carbocycles. The molecule has 0 saturated heterocycles. The molecular weight excluding hydrogens is 529 g/mol. The maximum Gasteiger partial charge on any atom is 0.265 e. The first kappa shape index (κ1) is 26.9. The van der Waals surface area contributed by atoms with Crippen LogP contribution < -0.4 is 20.3 Å². The fourth-order valence-electron chi connectivity index (χ4n) is 3.52. The van der Waals surface area contributed by atoms with Crippen LogP contribution in [0.4, 0.5) is 15.8 Å². The highest BCUT2D eigenvalue weighted by Crippen LogP contribution is 2.26. The highest BCUT2D eigenvalue weighted by atomic mass is 79.9. The number of carbonyl (C=O) groups is 3. The number of nitrogens with one attached hydrogen (secondary N) is 2. The third kappa shape index (κ3) is 6.69. The number of ether oxygens (including phenoxy) is 1. The van der Waals surface area contributed by atoms with Crippen molar-refractivity contribution in [2.45, 2.75) is 26.9 Å². The first-order valence-corrected chi connectivity index (χ1v) is 12.0. The summed E-state index contributed by atoms with van der Waals surface area (Å²) in [5.41, 5.74) is 2.95. The molecule has 36 heavy (non-hydrogen) atoms. The maximum absolute atomic E-state index is 14.0. The SMILES string of the molecule is Cc1cc(Br)cc(C)c1NC(=O)C(C)Oc1ccc(F)cc1C(=O)NCC(=O)N(C)c1ccccc1. The molecule has 0 bridgehead atoms. The smallest absolute Gasteiger partial charge is 0.265 e. The van der Waals surface area contributed by atoms with Gasteiger partial charge in [0.1, 0.15) is 11.6 Å². The number of benzene rings is 3. The number of rotatable bonds is 8. The van der Waals surface area contributed by atoms with Crippen LogP contribution in [0.2, 0.25) is 0 Å². The molecule has 7 nitrogen and oxygen atoms in total. The molecule has 0 aliphatic heterocycles. The molecule has 2 N–H and O–H groups in total. The molecule has 0 spiro atoms. The molecule has 9 heteroatoms. The lowest BCUT2D eigenvalue weighted by Gasteiger charge is -2.20. The largest absolute Gasteiger partial charge is 0.480 e. The van der Waals surface area contributed by atoms with Gasteiger partial charge in [0.15, 0.2) is 6.10 Å². The lowest BCUT2D eigenvalue weighted by molar-refractivity contribution is -0.122. The third-order valence-electron chi connectivity index (χ3n) is 5.52. The van der Waals surface area contributed by atoms with Crippen molar-refractivity contribution in [3.8, 4) is 5.75 Å². The quantitative estimate of drug-likeness (QED) is 0.409. The molecule has 1 unspecified atom stereocenters. The lowest BCUT2D eigenvalue weighted by Crippen LogP contribution is -2.38. The average Bonchev–Trinajstić information content (AvgIpc) is 2.85. The van der Waals surface area contributed by atoms with E-state index < -0.39 is 23.7 Å². The lowest BCUT2D eigenvalue weighted by atomic mass is 10.1. The van der Waals surface area contributed by atoms with Crippen molar-refractivity contribution in [2.75, 3.05) is 23.8 Å². The minimum Gasteiger partial charge on any atom is -0.480 e. The first-order chi connectivity index (χ1) is 17.1. The number of para-hydroxylation sites is 1. The molecule has 0 heterocycles. The normalized spacial score (nSPS) is 11.4. The Hall–Kier alpha value is -3.72. The third-order valence-corrected chi connectivity index (χ3v) is 5.98. The van der Waals surface area contributed by atoms with Crippen molar-refractivity contribution < 1.29 is 23.5 Å². The number of hydrogen-bond acceptors (Lipinski definition) is 4. The van der Waals surface area contributed by atoms with Crippen LogP contribution in [0.25, 0.3) is 0 Å². The van der Waals surface area contributed by atoms with Crippen LogP contribution in [-0.2, 0) is 9.59 Å². The van der Waals surface area contributed by atoms with Crippen molar-refractivity contribution in [1.82, 2.24) is 5.32 Å². The Labute approximate surface area is 217 Å². The highest BCUT2D eigenvalue weighted by molar-refractivity contribution is 9.10. The second-order valence-electron chi connectivity index (χ2n) is 8.28. The van der Waals surface area contributed by atoms with Crippen LogP contribution in [0.5, 0.6) is 5.75 Å². The van der Waals surface area contributed by atoms with Gasteiger partial charge in [0, 0.05) is 22.9 Å². The van der Waals surface area contributed by atoms with E-state index >= 15 is 0 Å². The minimum absolute atomic E-state index is 0.0182. The fourth-order valence-corrected chi connectivity index (χ4v) is 4.21. The zero-order chi connectivity index (χ0) is 26.4. The molecule has 0 aromatic heterocycles. The number of halogens is 2. The summed E-state index contributed by atoms with van der Waals surface area (Å²) in [4.78, 5) is 39.5. The van der Waals surface area contributed by atoms with Crippen LogP contribution in [-0.4, -0.2) is 37.4 Å². The number of nitrogens with zero attached hydrogens (tertiary/aromatic N) is 1. The number of amides is 3. The van der Waals surface area contributed by atoms with Gasteiger partial charge in [-0.3, -0.25) is 14.4 Å². The van der Waals surface area contributed by atoms with Gasteiger partial charge in [-0.15, -0.1) is 0 Å². The van der Waals surface area contributed by atoms with E-state index in [9.17, 15) is 18.8 Å². The van der Waals surface area contributed by atoms with E-state index in [4.69, 9.17) is 4.74 Å². The fraction of sp³-hybridized carbons (Fsp3) is 0.222. The predicted molar refractivity (Wildman–Crippen MR) is 141 cm³/mol. The number of carbonyl (C=O) groups excluding carboxylic acids is 3. The van der Waals surface area contributed by atoms with Crippen LogP contribution in [0.1, 0.15) is 28.4 Å². The van der Waals surface area contributed by atoms with Gasteiger partial charge in [0.05, 0.1) is 12.1 Å². The van der Waals surface area contributed by atoms with Crippen molar-refractivity contribution in [2.24, 2.45) is 0 Å². The van der Waals surface area contributed by atoms with Gasteiger partial charge in [-0.05, 0) is 74.4 Å². The topological polar surface area (TPSA) is 87.7 Å². The second kappa shape index (κ2) is 11.8. The Morgan fingerprint density at radius 3 is 2.31 bits per heavy atom. The van der Waals surface area contributed by atoms with E-state index in [1.165, 1.54) is 17.9 Å². The van der Waals surface area contributed by atoms with E-state index in [-0.39, 0.29) is 23.8 Å². The first-order valence-electron chi connectivity index (χ1n) is 11.2. The summed E-state index contributed by atoms with van der Waals surface area (Å²) in [5.74, 6) is -2.13. The predicted octanol–water partition coefficient (Wildman–Crippen LogP) is 5.00. The van der Waals surface area contributed by atoms with Gasteiger partial charge in [-0.2, -0.15) is 0 Å². The molecule has 0 saturated carbocycles. The van der Waals surface area contributed by atoms with Crippen LogP contribution >= 0.6 is 15.9 Å². The van der Waals surface area contributed by atoms with E-state index in [1.807, 2.05) is 32.0 Å². The summed E-state index contributed by atoms with van der Waals surface area (Å²) in [5, 5.41) is 5.34. The van der Waals surface area contributed by atoms with E-state index in [0.29, 0.717) is 11.4 Å². The molecule has 3 rings (SSSR count). The molecule has 3 aromatic carbocycles. The summed E-state index contributed by atoms with van der Waals surface area (Å²) >= 11 is 3.43. The van der Waals surface area contributed by atoms with Gasteiger partial charge in [0.25, 0.3) is 11.8 Å². The van der Waals surface area contributed by atoms with Crippen LogP contribution in [0.15, 0.2) is 65.1 Å². The Kier molecular flexibility index (Phi) is 8.82. The number of aryl methyl sites for hydroxylation is 2. The number of hydrogen-bond donors (Lipinski definition) is 2. The second-order valence-corrected chi connectivity index (χ2v) is 9.19. The Bertz CT molecular complexity index is 1260. The highest BCUT2D eigenvalue weighted by Gasteiger charge is 2.22.